The molecule has 2 N–H and O–H groups in total. The van der Waals surface area contributed by atoms with Crippen LogP contribution in [0.5, 0.6) is 11.5 Å². The molecule has 0 aromatic heterocycles. The quantitative estimate of drug-likeness (QED) is 0.142. The van der Waals surface area contributed by atoms with E-state index < -0.39 is 47.2 Å². The third kappa shape index (κ3) is 5.30. The molecule has 0 aliphatic heterocycles. The number of nitrogens with two attached hydrogens (primary N) is 1. The van der Waals surface area contributed by atoms with Gasteiger partial charge in [0.05, 0.1) is 19.6 Å². The Labute approximate surface area is 150 Å². The van der Waals surface area contributed by atoms with Crippen molar-refractivity contribution in [3.63, 3.8) is 0 Å². The predicted molar refractivity (Wildman–Crippen MR) is 83.7 cm³/mol. The maximum Gasteiger partial charge on any atom is 0.313 e. The summed E-state index contributed by atoms with van der Waals surface area (Å²) in [7, 11) is 0. The van der Waals surface area contributed by atoms with Crippen LogP contribution in [0.4, 0.5) is 27.6 Å². The van der Waals surface area contributed by atoms with Crippen molar-refractivity contribution in [2.24, 2.45) is 0 Å². The SMILES string of the molecule is Nc1ccc(OCCOCCC(=O)Oc2c(F)c(F)c(F)c(F)c2F)cc1. The Balaban J connectivity index is 1.75. The number of hydrogen-bond donors (Lipinski definition) is 1. The lowest BCUT2D eigenvalue weighted by Crippen LogP contribution is -2.16. The third-order valence-corrected chi connectivity index (χ3v) is 3.21. The summed E-state index contributed by atoms with van der Waals surface area (Å²) in [6.07, 6.45) is -0.471. The Morgan fingerprint density at radius 2 is 1.37 bits per heavy atom. The first-order valence-corrected chi connectivity index (χ1v) is 7.59. The first-order chi connectivity index (χ1) is 12.8. The van der Waals surface area contributed by atoms with Crippen molar-refractivity contribution in [2.75, 3.05) is 25.6 Å². The van der Waals surface area contributed by atoms with Crippen LogP contribution >= 0.6 is 0 Å². The van der Waals surface area contributed by atoms with Gasteiger partial charge in [0.2, 0.25) is 34.8 Å². The summed E-state index contributed by atoms with van der Waals surface area (Å²) in [5, 5.41) is 0. The van der Waals surface area contributed by atoms with Crippen molar-refractivity contribution >= 4 is 11.7 Å². The van der Waals surface area contributed by atoms with Crippen molar-refractivity contribution in [3.8, 4) is 11.5 Å². The summed E-state index contributed by atoms with van der Waals surface area (Å²) < 4.78 is 80.3. The van der Waals surface area contributed by atoms with Crippen LogP contribution in [-0.4, -0.2) is 25.8 Å². The highest BCUT2D eigenvalue weighted by atomic mass is 19.2. The highest BCUT2D eigenvalue weighted by Gasteiger charge is 2.28. The Morgan fingerprint density at radius 1 is 0.815 bits per heavy atom. The molecule has 0 atom stereocenters. The van der Waals surface area contributed by atoms with E-state index in [0.717, 1.165) is 0 Å². The van der Waals surface area contributed by atoms with Gasteiger partial charge in [-0.2, -0.15) is 8.78 Å². The molecule has 0 fully saturated rings. The molecule has 0 amide bonds. The van der Waals surface area contributed by atoms with Crippen molar-refractivity contribution in [1.29, 1.82) is 0 Å². The van der Waals surface area contributed by atoms with Gasteiger partial charge in [0.15, 0.2) is 0 Å². The minimum atomic E-state index is -2.34. The second kappa shape index (κ2) is 9.17. The van der Waals surface area contributed by atoms with E-state index >= 15 is 0 Å². The van der Waals surface area contributed by atoms with Crippen molar-refractivity contribution in [1.82, 2.24) is 0 Å². The van der Waals surface area contributed by atoms with E-state index in [4.69, 9.17) is 15.2 Å². The van der Waals surface area contributed by atoms with Crippen LogP contribution in [0.1, 0.15) is 6.42 Å². The zero-order chi connectivity index (χ0) is 20.0. The molecule has 0 bridgehead atoms. The molecular weight excluding hydrogens is 377 g/mol. The smallest absolute Gasteiger partial charge is 0.313 e. The van der Waals surface area contributed by atoms with Crippen LogP contribution < -0.4 is 15.2 Å². The predicted octanol–water partition coefficient (Wildman–Crippen LogP) is 3.36. The van der Waals surface area contributed by atoms with Crippen LogP contribution in [0.3, 0.4) is 0 Å². The summed E-state index contributed by atoms with van der Waals surface area (Å²) in [4.78, 5) is 11.5. The van der Waals surface area contributed by atoms with Gasteiger partial charge in [0, 0.05) is 5.69 Å². The van der Waals surface area contributed by atoms with E-state index in [9.17, 15) is 26.7 Å². The van der Waals surface area contributed by atoms with Gasteiger partial charge in [-0.1, -0.05) is 0 Å². The molecule has 0 spiro atoms. The van der Waals surface area contributed by atoms with E-state index in [0.29, 0.717) is 11.4 Å². The van der Waals surface area contributed by atoms with Crippen molar-refractivity contribution in [2.45, 2.75) is 6.42 Å². The number of hydrogen-bond acceptors (Lipinski definition) is 5. The maximum absolute atomic E-state index is 13.4. The van der Waals surface area contributed by atoms with E-state index in [-0.39, 0.29) is 19.8 Å². The molecule has 0 unspecified atom stereocenters. The lowest BCUT2D eigenvalue weighted by atomic mass is 10.2. The Bertz CT molecular complexity index is 785. The molecule has 10 heteroatoms. The number of benzene rings is 2. The maximum atomic E-state index is 13.4. The number of carbonyl (C=O) groups excluding carboxylic acids is 1. The highest BCUT2D eigenvalue weighted by Crippen LogP contribution is 2.29. The summed E-state index contributed by atoms with van der Waals surface area (Å²) in [5.41, 5.74) is 6.09. The number of nitrogen functional groups attached to an aromatic ring is 1. The molecular formula is C17H14F5NO4. The Kier molecular flexibility index (Phi) is 6.94. The van der Waals surface area contributed by atoms with Crippen LogP contribution in [0.2, 0.25) is 0 Å². The van der Waals surface area contributed by atoms with Gasteiger partial charge in [0.1, 0.15) is 12.4 Å². The fourth-order valence-corrected chi connectivity index (χ4v) is 1.88. The van der Waals surface area contributed by atoms with E-state index in [1.54, 1.807) is 24.3 Å². The summed E-state index contributed by atoms with van der Waals surface area (Å²) in [6, 6.07) is 6.59. The number of ether oxygens (including phenoxy) is 3. The molecule has 0 radical (unpaired) electrons. The molecule has 0 aliphatic rings. The molecule has 5 nitrogen and oxygen atoms in total. The third-order valence-electron chi connectivity index (χ3n) is 3.21. The topological polar surface area (TPSA) is 70.8 Å². The molecule has 27 heavy (non-hydrogen) atoms. The fraction of sp³-hybridized carbons (Fsp3) is 0.235. The fourth-order valence-electron chi connectivity index (χ4n) is 1.88. The van der Waals surface area contributed by atoms with Crippen LogP contribution in [-0.2, 0) is 9.53 Å². The van der Waals surface area contributed by atoms with E-state index in [1.165, 1.54) is 0 Å². The first kappa shape index (κ1) is 20.4. The second-order valence-electron chi connectivity index (χ2n) is 5.15. The standard InChI is InChI=1S/C17H14F5NO4/c18-12-13(19)15(21)17(16(22)14(12)20)27-11(24)5-6-25-7-8-26-10-3-1-9(23)2-4-10/h1-4H,5-8,23H2. The molecule has 146 valence electrons. The van der Waals surface area contributed by atoms with Gasteiger partial charge >= 0.3 is 5.97 Å². The largest absolute Gasteiger partial charge is 0.491 e. The minimum absolute atomic E-state index is 0.0835. The van der Waals surface area contributed by atoms with Gasteiger partial charge in [-0.05, 0) is 24.3 Å². The number of rotatable bonds is 8. The Hall–Kier alpha value is -2.88. The number of carbonyl (C=O) groups is 1. The van der Waals surface area contributed by atoms with Gasteiger partial charge < -0.3 is 19.9 Å². The summed E-state index contributed by atoms with van der Waals surface area (Å²) in [6.45, 7) is 0.0239. The number of esters is 1. The summed E-state index contributed by atoms with van der Waals surface area (Å²) in [5.74, 6) is -13.5. The molecule has 0 heterocycles. The van der Waals surface area contributed by atoms with E-state index in [1.807, 2.05) is 0 Å². The normalized spacial score (nSPS) is 10.7. The lowest BCUT2D eigenvalue weighted by Gasteiger charge is -2.09. The van der Waals surface area contributed by atoms with Gasteiger partial charge in [-0.25, -0.2) is 13.2 Å². The van der Waals surface area contributed by atoms with E-state index in [2.05, 4.69) is 4.74 Å². The monoisotopic (exact) mass is 391 g/mol. The van der Waals surface area contributed by atoms with Crippen LogP contribution in [0, 0.1) is 29.1 Å². The molecule has 2 rings (SSSR count). The van der Waals surface area contributed by atoms with Gasteiger partial charge in [-0.3, -0.25) is 4.79 Å². The van der Waals surface area contributed by atoms with Gasteiger partial charge in [0.25, 0.3) is 0 Å². The van der Waals surface area contributed by atoms with Crippen LogP contribution in [0.15, 0.2) is 24.3 Å². The zero-order valence-corrected chi connectivity index (χ0v) is 13.7. The first-order valence-electron chi connectivity index (χ1n) is 7.59. The molecule has 2 aromatic rings. The average Bonchev–Trinajstić information content (AvgIpc) is 2.66. The highest BCUT2D eigenvalue weighted by molar-refractivity contribution is 5.72. The van der Waals surface area contributed by atoms with Gasteiger partial charge in [-0.15, -0.1) is 0 Å². The summed E-state index contributed by atoms with van der Waals surface area (Å²) >= 11 is 0. The molecule has 0 saturated heterocycles. The minimum Gasteiger partial charge on any atom is -0.491 e. The molecule has 0 aliphatic carbocycles. The lowest BCUT2D eigenvalue weighted by molar-refractivity contribution is -0.136. The zero-order valence-electron chi connectivity index (χ0n) is 13.7. The number of halogens is 5. The number of anilines is 1. The molecule has 2 aromatic carbocycles. The molecule has 0 saturated carbocycles. The average molecular weight is 391 g/mol. The van der Waals surface area contributed by atoms with Crippen molar-refractivity contribution in [3.05, 3.63) is 53.4 Å². The Morgan fingerprint density at radius 3 is 1.96 bits per heavy atom. The van der Waals surface area contributed by atoms with Crippen LogP contribution in [0.25, 0.3) is 0 Å². The van der Waals surface area contributed by atoms with Crippen molar-refractivity contribution < 1.29 is 41.0 Å². The second-order valence-corrected chi connectivity index (χ2v) is 5.15.